The largest absolute Gasteiger partial charge is 0.481 e. The van der Waals surface area contributed by atoms with Crippen molar-refractivity contribution in [3.05, 3.63) is 29.8 Å². The Balaban J connectivity index is 1.96. The molecular formula is C19H24N2O3. The van der Waals surface area contributed by atoms with E-state index in [2.05, 4.69) is 11.4 Å². The van der Waals surface area contributed by atoms with E-state index >= 15 is 0 Å². The van der Waals surface area contributed by atoms with E-state index < -0.39 is 11.6 Å². The van der Waals surface area contributed by atoms with E-state index in [0.29, 0.717) is 30.6 Å². The fraction of sp³-hybridized carbons (Fsp3) is 0.526. The zero-order valence-corrected chi connectivity index (χ0v) is 14.3. The smallest absolute Gasteiger partial charge is 0.262 e. The molecule has 5 heteroatoms. The number of carbonyl (C=O) groups excluding carboxylic acids is 2. The summed E-state index contributed by atoms with van der Waals surface area (Å²) in [7, 11) is 0. The quantitative estimate of drug-likeness (QED) is 0.812. The highest BCUT2D eigenvalue weighted by Gasteiger charge is 2.35. The van der Waals surface area contributed by atoms with Gasteiger partial charge in [0.15, 0.2) is 11.9 Å². The molecular weight excluding hydrogens is 304 g/mol. The zero-order chi connectivity index (χ0) is 17.6. The van der Waals surface area contributed by atoms with Crippen molar-refractivity contribution in [2.24, 2.45) is 0 Å². The van der Waals surface area contributed by atoms with Crippen molar-refractivity contribution in [3.63, 3.8) is 0 Å². The van der Waals surface area contributed by atoms with Gasteiger partial charge in [0.2, 0.25) is 0 Å². The predicted octanol–water partition coefficient (Wildman–Crippen LogP) is 3.39. The highest BCUT2D eigenvalue weighted by Crippen LogP contribution is 2.27. The summed E-state index contributed by atoms with van der Waals surface area (Å²) >= 11 is 0. The lowest BCUT2D eigenvalue weighted by Crippen LogP contribution is -2.52. The Kier molecular flexibility index (Phi) is 5.97. The molecule has 24 heavy (non-hydrogen) atoms. The van der Waals surface area contributed by atoms with Gasteiger partial charge in [0.05, 0.1) is 6.07 Å². The van der Waals surface area contributed by atoms with Crippen LogP contribution in [0, 0.1) is 11.3 Å². The van der Waals surface area contributed by atoms with Crippen molar-refractivity contribution in [1.29, 1.82) is 5.26 Å². The van der Waals surface area contributed by atoms with Crippen LogP contribution in [0.15, 0.2) is 24.3 Å². The Labute approximate surface area is 143 Å². The molecule has 0 saturated heterocycles. The average molecular weight is 328 g/mol. The molecule has 1 aliphatic carbocycles. The summed E-state index contributed by atoms with van der Waals surface area (Å²) in [5, 5.41) is 12.3. The summed E-state index contributed by atoms with van der Waals surface area (Å²) in [5.41, 5.74) is -0.128. The highest BCUT2D eigenvalue weighted by atomic mass is 16.5. The number of Topliss-reactive ketones (excluding diaryl/α,β-unsaturated/α-hetero) is 1. The van der Waals surface area contributed by atoms with Crippen molar-refractivity contribution in [1.82, 2.24) is 5.32 Å². The third-order valence-corrected chi connectivity index (χ3v) is 4.46. The minimum atomic E-state index is -0.760. The summed E-state index contributed by atoms with van der Waals surface area (Å²) in [6, 6.07) is 9.04. The Bertz CT molecular complexity index is 625. The molecule has 0 aromatic heterocycles. The molecule has 0 unspecified atom stereocenters. The van der Waals surface area contributed by atoms with Crippen LogP contribution in [0.25, 0.3) is 0 Å². The second kappa shape index (κ2) is 7.96. The maximum absolute atomic E-state index is 12.4. The van der Waals surface area contributed by atoms with Crippen LogP contribution >= 0.6 is 0 Å². The van der Waals surface area contributed by atoms with E-state index in [1.165, 1.54) is 0 Å². The Morgan fingerprint density at radius 1 is 1.25 bits per heavy atom. The average Bonchev–Trinajstić information content (AvgIpc) is 2.62. The van der Waals surface area contributed by atoms with Crippen LogP contribution in [0.4, 0.5) is 0 Å². The van der Waals surface area contributed by atoms with Gasteiger partial charge in [-0.05, 0) is 44.0 Å². The first-order valence-electron chi connectivity index (χ1n) is 8.53. The van der Waals surface area contributed by atoms with Gasteiger partial charge in [-0.2, -0.15) is 5.26 Å². The van der Waals surface area contributed by atoms with E-state index in [0.717, 1.165) is 19.3 Å². The molecule has 2 rings (SSSR count). The molecule has 1 fully saturated rings. The van der Waals surface area contributed by atoms with Crippen LogP contribution in [0.5, 0.6) is 5.75 Å². The summed E-state index contributed by atoms with van der Waals surface area (Å²) in [5.74, 6) is 0.313. The molecule has 128 valence electrons. The Morgan fingerprint density at radius 3 is 2.42 bits per heavy atom. The van der Waals surface area contributed by atoms with E-state index in [-0.39, 0.29) is 11.7 Å². The van der Waals surface area contributed by atoms with Gasteiger partial charge < -0.3 is 10.1 Å². The van der Waals surface area contributed by atoms with Crippen LogP contribution in [0.2, 0.25) is 0 Å². The molecule has 0 spiro atoms. The molecule has 1 aliphatic rings. The Morgan fingerprint density at radius 2 is 1.88 bits per heavy atom. The summed E-state index contributed by atoms with van der Waals surface area (Å²) < 4.78 is 5.64. The molecule has 5 nitrogen and oxygen atoms in total. The van der Waals surface area contributed by atoms with Crippen molar-refractivity contribution in [2.45, 2.75) is 64.0 Å². The standard InChI is InChI=1S/C19H24N2O3/c1-3-17(22)15-7-9-16(10-8-15)24-14(2)18(23)21-19(13-20)11-5-4-6-12-19/h7-10,14H,3-6,11-12H2,1-2H3,(H,21,23)/t14-/m1/s1. The van der Waals surface area contributed by atoms with E-state index in [1.54, 1.807) is 31.2 Å². The van der Waals surface area contributed by atoms with E-state index in [4.69, 9.17) is 4.74 Å². The fourth-order valence-corrected chi connectivity index (χ4v) is 2.94. The maximum atomic E-state index is 12.4. The Hall–Kier alpha value is -2.35. The van der Waals surface area contributed by atoms with Gasteiger partial charge in [0, 0.05) is 12.0 Å². The summed E-state index contributed by atoms with van der Waals surface area (Å²) in [6.07, 6.45) is 4.14. The monoisotopic (exact) mass is 328 g/mol. The van der Waals surface area contributed by atoms with Crippen LogP contribution in [0.1, 0.15) is 62.7 Å². The second-order valence-corrected chi connectivity index (χ2v) is 6.31. The van der Waals surface area contributed by atoms with E-state index in [9.17, 15) is 14.9 Å². The third kappa shape index (κ3) is 4.35. The summed E-state index contributed by atoms with van der Waals surface area (Å²) in [6.45, 7) is 3.48. The number of hydrogen-bond donors (Lipinski definition) is 1. The van der Waals surface area contributed by atoms with Crippen LogP contribution in [-0.4, -0.2) is 23.3 Å². The summed E-state index contributed by atoms with van der Waals surface area (Å²) in [4.78, 5) is 24.0. The van der Waals surface area contributed by atoms with Gasteiger partial charge in [0.25, 0.3) is 5.91 Å². The number of benzene rings is 1. The lowest BCUT2D eigenvalue weighted by molar-refractivity contribution is -0.129. The zero-order valence-electron chi connectivity index (χ0n) is 14.3. The molecule has 1 amide bonds. The molecule has 1 N–H and O–H groups in total. The number of nitrogens with zero attached hydrogens (tertiary/aromatic N) is 1. The van der Waals surface area contributed by atoms with Crippen molar-refractivity contribution in [2.75, 3.05) is 0 Å². The van der Waals surface area contributed by atoms with Crippen LogP contribution in [0.3, 0.4) is 0 Å². The first kappa shape index (κ1) is 18.0. The molecule has 1 atom stereocenters. The maximum Gasteiger partial charge on any atom is 0.262 e. The second-order valence-electron chi connectivity index (χ2n) is 6.31. The normalized spacial score (nSPS) is 17.4. The van der Waals surface area contributed by atoms with Crippen molar-refractivity contribution in [3.8, 4) is 11.8 Å². The van der Waals surface area contributed by atoms with Gasteiger partial charge in [-0.3, -0.25) is 9.59 Å². The van der Waals surface area contributed by atoms with Crippen molar-refractivity contribution < 1.29 is 14.3 Å². The number of nitrogens with one attached hydrogen (secondary N) is 1. The number of carbonyl (C=O) groups is 2. The number of nitriles is 1. The number of ether oxygens (including phenoxy) is 1. The molecule has 0 radical (unpaired) electrons. The number of ketones is 1. The molecule has 0 aliphatic heterocycles. The molecule has 1 aromatic rings. The fourth-order valence-electron chi connectivity index (χ4n) is 2.94. The number of amides is 1. The van der Waals surface area contributed by atoms with Crippen molar-refractivity contribution >= 4 is 11.7 Å². The third-order valence-electron chi connectivity index (χ3n) is 4.46. The van der Waals surface area contributed by atoms with Crippen LogP contribution in [-0.2, 0) is 4.79 Å². The molecule has 0 bridgehead atoms. The van der Waals surface area contributed by atoms with Crippen LogP contribution < -0.4 is 10.1 Å². The molecule has 0 heterocycles. The SMILES string of the molecule is CCC(=O)c1ccc(O[C@H](C)C(=O)NC2(C#N)CCCCC2)cc1. The lowest BCUT2D eigenvalue weighted by atomic mass is 9.83. The van der Waals surface area contributed by atoms with Gasteiger partial charge in [-0.1, -0.05) is 26.2 Å². The molecule has 1 saturated carbocycles. The number of hydrogen-bond acceptors (Lipinski definition) is 4. The molecule has 1 aromatic carbocycles. The number of rotatable bonds is 6. The topological polar surface area (TPSA) is 79.2 Å². The first-order chi connectivity index (χ1) is 11.5. The predicted molar refractivity (Wildman–Crippen MR) is 90.7 cm³/mol. The van der Waals surface area contributed by atoms with Gasteiger partial charge >= 0.3 is 0 Å². The van der Waals surface area contributed by atoms with Gasteiger partial charge in [-0.15, -0.1) is 0 Å². The minimum Gasteiger partial charge on any atom is -0.481 e. The van der Waals surface area contributed by atoms with E-state index in [1.807, 2.05) is 6.92 Å². The van der Waals surface area contributed by atoms with Gasteiger partial charge in [0.1, 0.15) is 11.3 Å². The highest BCUT2D eigenvalue weighted by molar-refractivity contribution is 5.95. The van der Waals surface area contributed by atoms with Gasteiger partial charge in [-0.25, -0.2) is 0 Å². The minimum absolute atomic E-state index is 0.0700. The lowest BCUT2D eigenvalue weighted by Gasteiger charge is -2.32. The first-order valence-corrected chi connectivity index (χ1v) is 8.53.